The zero-order valence-electron chi connectivity index (χ0n) is 18.5. The molecular formula is C25H29N5OS. The highest BCUT2D eigenvalue weighted by Gasteiger charge is 2.29. The first kappa shape index (κ1) is 21.2. The Morgan fingerprint density at radius 3 is 2.84 bits per heavy atom. The number of nitrogens with zero attached hydrogens (tertiary/aromatic N) is 4. The first-order valence-corrected chi connectivity index (χ1v) is 12.6. The van der Waals surface area contributed by atoms with Crippen molar-refractivity contribution in [1.82, 2.24) is 19.7 Å². The standard InChI is InChI=1S/C25H29N5OS/c1-17-6-2-3-10-22(17)30-24(20-9-5-13-26-15-20)28-29-25(30)32-16-23(31)27-21-12-11-18-7-4-8-19(18)14-21/h5,9,11-15,17,22H,2-4,6-8,10,16H2,1H3,(H,27,31)/t17-,22-/m0/s1. The summed E-state index contributed by atoms with van der Waals surface area (Å²) in [7, 11) is 0. The van der Waals surface area contributed by atoms with Gasteiger partial charge in [0.05, 0.1) is 5.75 Å². The summed E-state index contributed by atoms with van der Waals surface area (Å²) < 4.78 is 2.26. The molecule has 2 aromatic heterocycles. The van der Waals surface area contributed by atoms with Gasteiger partial charge in [0.1, 0.15) is 0 Å². The number of nitrogens with one attached hydrogen (secondary N) is 1. The largest absolute Gasteiger partial charge is 0.325 e. The SMILES string of the molecule is C[C@H]1CCCC[C@@H]1n1c(SCC(=O)Nc2ccc3c(c2)CCC3)nnc1-c1cccnc1. The van der Waals surface area contributed by atoms with Crippen LogP contribution in [-0.4, -0.2) is 31.4 Å². The van der Waals surface area contributed by atoms with Crippen molar-refractivity contribution in [2.45, 2.75) is 63.1 Å². The van der Waals surface area contributed by atoms with Crippen LogP contribution in [-0.2, 0) is 17.6 Å². The summed E-state index contributed by atoms with van der Waals surface area (Å²) >= 11 is 1.47. The van der Waals surface area contributed by atoms with Crippen molar-refractivity contribution < 1.29 is 4.79 Å². The van der Waals surface area contributed by atoms with Crippen LogP contribution in [0.3, 0.4) is 0 Å². The van der Waals surface area contributed by atoms with Crippen molar-refractivity contribution in [3.63, 3.8) is 0 Å². The molecule has 1 aromatic carbocycles. The molecule has 7 heteroatoms. The molecule has 6 nitrogen and oxygen atoms in total. The number of rotatable bonds is 6. The van der Waals surface area contributed by atoms with Crippen LogP contribution in [0.5, 0.6) is 0 Å². The van der Waals surface area contributed by atoms with Crippen molar-refractivity contribution >= 4 is 23.4 Å². The molecule has 3 aromatic rings. The molecule has 1 N–H and O–H groups in total. The lowest BCUT2D eigenvalue weighted by molar-refractivity contribution is -0.113. The monoisotopic (exact) mass is 447 g/mol. The number of fused-ring (bicyclic) bond motifs is 1. The molecule has 0 aliphatic heterocycles. The van der Waals surface area contributed by atoms with Gasteiger partial charge in [0.25, 0.3) is 0 Å². The summed E-state index contributed by atoms with van der Waals surface area (Å²) in [6.45, 7) is 2.31. The number of amides is 1. The molecule has 2 aliphatic rings. The van der Waals surface area contributed by atoms with Crippen LogP contribution < -0.4 is 5.32 Å². The summed E-state index contributed by atoms with van der Waals surface area (Å²) in [5.41, 5.74) is 4.62. The molecule has 0 spiro atoms. The van der Waals surface area contributed by atoms with Crippen LogP contribution in [0.15, 0.2) is 47.9 Å². The number of pyridine rings is 1. The molecule has 2 heterocycles. The number of hydrogen-bond acceptors (Lipinski definition) is 5. The predicted molar refractivity (Wildman–Crippen MR) is 128 cm³/mol. The van der Waals surface area contributed by atoms with Crippen molar-refractivity contribution in [3.05, 3.63) is 53.9 Å². The van der Waals surface area contributed by atoms with E-state index in [0.717, 1.165) is 41.5 Å². The Morgan fingerprint density at radius 1 is 1.12 bits per heavy atom. The lowest BCUT2D eigenvalue weighted by Crippen LogP contribution is -2.23. The fourth-order valence-electron chi connectivity index (χ4n) is 5.02. The summed E-state index contributed by atoms with van der Waals surface area (Å²) in [6, 6.07) is 10.6. The summed E-state index contributed by atoms with van der Waals surface area (Å²) in [5, 5.41) is 12.9. The van der Waals surface area contributed by atoms with Crippen LogP contribution >= 0.6 is 11.8 Å². The van der Waals surface area contributed by atoms with Gasteiger partial charge < -0.3 is 5.32 Å². The highest BCUT2D eigenvalue weighted by molar-refractivity contribution is 7.99. The van der Waals surface area contributed by atoms with E-state index in [9.17, 15) is 4.79 Å². The highest BCUT2D eigenvalue weighted by atomic mass is 32.2. The van der Waals surface area contributed by atoms with E-state index < -0.39 is 0 Å². The van der Waals surface area contributed by atoms with Crippen molar-refractivity contribution in [2.24, 2.45) is 5.92 Å². The molecule has 2 aliphatic carbocycles. The minimum atomic E-state index is -0.0119. The van der Waals surface area contributed by atoms with Gasteiger partial charge in [-0.15, -0.1) is 10.2 Å². The van der Waals surface area contributed by atoms with E-state index >= 15 is 0 Å². The number of aromatic nitrogens is 4. The van der Waals surface area contributed by atoms with E-state index in [4.69, 9.17) is 0 Å². The first-order valence-electron chi connectivity index (χ1n) is 11.6. The van der Waals surface area contributed by atoms with Crippen LogP contribution in [0.1, 0.15) is 56.2 Å². The Labute approximate surface area is 193 Å². The maximum absolute atomic E-state index is 12.7. The Bertz CT molecular complexity index is 1100. The number of hydrogen-bond donors (Lipinski definition) is 1. The molecule has 1 amide bonds. The second-order valence-electron chi connectivity index (χ2n) is 8.92. The van der Waals surface area contributed by atoms with Gasteiger partial charge in [-0.3, -0.25) is 14.3 Å². The van der Waals surface area contributed by atoms with Gasteiger partial charge >= 0.3 is 0 Å². The summed E-state index contributed by atoms with van der Waals surface area (Å²) in [5.74, 6) is 1.69. The van der Waals surface area contributed by atoms with Gasteiger partial charge in [0, 0.05) is 29.7 Å². The fourth-order valence-corrected chi connectivity index (χ4v) is 5.82. The number of carbonyl (C=O) groups excluding carboxylic acids is 1. The molecule has 0 bridgehead atoms. The number of benzene rings is 1. The van der Waals surface area contributed by atoms with Crippen molar-refractivity contribution in [2.75, 3.05) is 11.1 Å². The van der Waals surface area contributed by atoms with E-state index in [1.165, 1.54) is 48.6 Å². The minimum absolute atomic E-state index is 0.0119. The summed E-state index contributed by atoms with van der Waals surface area (Å²) in [4.78, 5) is 17.0. The Kier molecular flexibility index (Phi) is 6.26. The molecule has 166 valence electrons. The van der Waals surface area contributed by atoms with E-state index in [-0.39, 0.29) is 5.91 Å². The zero-order valence-corrected chi connectivity index (χ0v) is 19.3. The molecule has 1 saturated carbocycles. The number of carbonyl (C=O) groups is 1. The smallest absolute Gasteiger partial charge is 0.234 e. The fraction of sp³-hybridized carbons (Fsp3) is 0.440. The third-order valence-electron chi connectivity index (χ3n) is 6.70. The molecule has 5 rings (SSSR count). The van der Waals surface area contributed by atoms with Crippen molar-refractivity contribution in [1.29, 1.82) is 0 Å². The maximum atomic E-state index is 12.7. The molecule has 32 heavy (non-hydrogen) atoms. The van der Waals surface area contributed by atoms with Gasteiger partial charge in [0.2, 0.25) is 5.91 Å². The Hall–Kier alpha value is -2.67. The second-order valence-corrected chi connectivity index (χ2v) is 9.86. The third-order valence-corrected chi connectivity index (χ3v) is 7.64. The van der Waals surface area contributed by atoms with Crippen LogP contribution in [0, 0.1) is 5.92 Å². The lowest BCUT2D eigenvalue weighted by atomic mass is 9.85. The molecular weight excluding hydrogens is 418 g/mol. The highest BCUT2D eigenvalue weighted by Crippen LogP contribution is 2.38. The van der Waals surface area contributed by atoms with Crippen LogP contribution in [0.2, 0.25) is 0 Å². The van der Waals surface area contributed by atoms with Gasteiger partial charge in [0.15, 0.2) is 11.0 Å². The average molecular weight is 448 g/mol. The molecule has 0 radical (unpaired) electrons. The Balaban J connectivity index is 1.34. The average Bonchev–Trinajstić information content (AvgIpc) is 3.45. The summed E-state index contributed by atoms with van der Waals surface area (Å²) in [6.07, 6.45) is 11.9. The van der Waals surface area contributed by atoms with Gasteiger partial charge in [-0.25, -0.2) is 0 Å². The molecule has 0 saturated heterocycles. The quantitative estimate of drug-likeness (QED) is 0.518. The van der Waals surface area contributed by atoms with E-state index in [1.807, 2.05) is 24.4 Å². The number of anilines is 1. The number of thioether (sulfide) groups is 1. The van der Waals surface area contributed by atoms with Crippen LogP contribution in [0.4, 0.5) is 5.69 Å². The van der Waals surface area contributed by atoms with Gasteiger partial charge in [-0.05, 0) is 73.4 Å². The van der Waals surface area contributed by atoms with Gasteiger partial charge in [-0.1, -0.05) is 37.6 Å². The predicted octanol–water partition coefficient (Wildman–Crippen LogP) is 5.31. The molecule has 2 atom stereocenters. The minimum Gasteiger partial charge on any atom is -0.325 e. The maximum Gasteiger partial charge on any atom is 0.234 e. The Morgan fingerprint density at radius 2 is 2.00 bits per heavy atom. The first-order chi connectivity index (χ1) is 15.7. The van der Waals surface area contributed by atoms with Crippen molar-refractivity contribution in [3.8, 4) is 11.4 Å². The topological polar surface area (TPSA) is 72.7 Å². The molecule has 0 unspecified atom stereocenters. The van der Waals surface area contributed by atoms with E-state index in [0.29, 0.717) is 17.7 Å². The third kappa shape index (κ3) is 4.44. The van der Waals surface area contributed by atoms with Gasteiger partial charge in [-0.2, -0.15) is 0 Å². The normalized spacial score (nSPS) is 20.2. The molecule has 1 fully saturated rings. The lowest BCUT2D eigenvalue weighted by Gasteiger charge is -2.31. The van der Waals surface area contributed by atoms with Crippen LogP contribution in [0.25, 0.3) is 11.4 Å². The van der Waals surface area contributed by atoms with E-state index in [2.05, 4.69) is 44.1 Å². The zero-order chi connectivity index (χ0) is 21.9. The van der Waals surface area contributed by atoms with E-state index in [1.54, 1.807) is 6.20 Å². The number of aryl methyl sites for hydroxylation is 2. The second kappa shape index (κ2) is 9.45.